The van der Waals surface area contributed by atoms with Gasteiger partial charge in [0.05, 0.1) is 48.8 Å². The summed E-state index contributed by atoms with van der Waals surface area (Å²) in [5, 5.41) is 31.0. The van der Waals surface area contributed by atoms with Crippen molar-refractivity contribution in [3.05, 3.63) is 185 Å². The largest absolute Gasteiger partial charge is 0.496 e. The standard InChI is InChI=1S/C20H19N3O4.C20H15N3O4.C4H7BO/c2*1-27-19-6-5-15(13-22-8-7-14(12-21)10-20(22)24)9-18(19)16-3-2-4-17(11-16)23(25)26;5-4-2-1-3-6-4/h2-11H,12-13,21H2,1H3;2-11H,13H2,1H3;4H,1-3H2. The molecule has 0 bridgehead atoms. The average Bonchev–Trinajstić information content (AvgIpc) is 3.76. The first-order chi connectivity index (χ1) is 28.9. The molecule has 1 aliphatic heterocycles. The summed E-state index contributed by atoms with van der Waals surface area (Å²) >= 11 is 0. The average molecular weight is 809 g/mol. The van der Waals surface area contributed by atoms with Crippen LogP contribution in [0.15, 0.2) is 131 Å². The van der Waals surface area contributed by atoms with E-state index >= 15 is 0 Å². The van der Waals surface area contributed by atoms with E-state index < -0.39 is 9.85 Å². The van der Waals surface area contributed by atoms with E-state index in [2.05, 4.69) is 0 Å². The number of ether oxygens (including phenoxy) is 3. The quantitative estimate of drug-likeness (QED) is 0.0840. The number of nitro benzene ring substituents is 2. The Balaban J connectivity index is 0.000000199. The predicted molar refractivity (Wildman–Crippen MR) is 227 cm³/mol. The van der Waals surface area contributed by atoms with Crippen molar-refractivity contribution in [1.82, 2.24) is 9.13 Å². The van der Waals surface area contributed by atoms with Crippen LogP contribution in [0, 0.1) is 31.6 Å². The monoisotopic (exact) mass is 808 g/mol. The minimum absolute atomic E-state index is 0.00792. The van der Waals surface area contributed by atoms with Crippen molar-refractivity contribution in [2.75, 3.05) is 20.8 Å². The number of nitrogens with two attached hydrogens (primary N) is 1. The molecule has 0 saturated carbocycles. The number of nitrogens with zero attached hydrogens (tertiary/aromatic N) is 5. The van der Waals surface area contributed by atoms with E-state index in [1.165, 1.54) is 48.1 Å². The number of hydrogen-bond acceptors (Lipinski definition) is 11. The number of benzene rings is 4. The number of methoxy groups -OCH3 is 2. The second kappa shape index (κ2) is 20.9. The van der Waals surface area contributed by atoms with Crippen molar-refractivity contribution in [2.24, 2.45) is 5.73 Å². The van der Waals surface area contributed by atoms with Crippen molar-refractivity contribution in [1.29, 1.82) is 5.26 Å². The van der Waals surface area contributed by atoms with Gasteiger partial charge in [-0.1, -0.05) is 36.4 Å². The van der Waals surface area contributed by atoms with E-state index in [1.807, 2.05) is 36.4 Å². The minimum atomic E-state index is -0.448. The number of rotatable bonds is 11. The fraction of sp³-hybridized carbons (Fsp3) is 0.205. The number of pyridine rings is 2. The predicted octanol–water partition coefficient (Wildman–Crippen LogP) is 6.58. The highest BCUT2D eigenvalue weighted by atomic mass is 16.6. The van der Waals surface area contributed by atoms with Gasteiger partial charge in [-0.25, -0.2) is 0 Å². The van der Waals surface area contributed by atoms with Gasteiger partial charge < -0.3 is 29.1 Å². The molecule has 3 heterocycles. The first-order valence-electron chi connectivity index (χ1n) is 18.6. The Bertz CT molecular complexity index is 2630. The van der Waals surface area contributed by atoms with Crippen molar-refractivity contribution in [3.63, 3.8) is 0 Å². The van der Waals surface area contributed by atoms with Crippen molar-refractivity contribution in [2.45, 2.75) is 38.5 Å². The lowest BCUT2D eigenvalue weighted by atomic mass is 9.98. The summed E-state index contributed by atoms with van der Waals surface area (Å²) in [5.41, 5.74) is 10.7. The summed E-state index contributed by atoms with van der Waals surface area (Å²) in [6, 6.07) is 31.8. The zero-order valence-electron chi connectivity index (χ0n) is 32.9. The second-order valence-corrected chi connectivity index (χ2v) is 13.4. The van der Waals surface area contributed by atoms with E-state index in [9.17, 15) is 29.8 Å². The molecule has 1 unspecified atom stereocenters. The number of nitro groups is 2. The van der Waals surface area contributed by atoms with Crippen LogP contribution in [0.4, 0.5) is 11.4 Å². The van der Waals surface area contributed by atoms with Gasteiger partial charge in [0.25, 0.3) is 22.5 Å². The smallest absolute Gasteiger partial charge is 0.270 e. The number of nitriles is 1. The highest BCUT2D eigenvalue weighted by Gasteiger charge is 2.14. The molecule has 2 radical (unpaired) electrons. The lowest BCUT2D eigenvalue weighted by molar-refractivity contribution is -0.385. The van der Waals surface area contributed by atoms with Crippen LogP contribution < -0.4 is 26.3 Å². The van der Waals surface area contributed by atoms with Crippen LogP contribution in [-0.4, -0.2) is 53.7 Å². The minimum Gasteiger partial charge on any atom is -0.496 e. The van der Waals surface area contributed by atoms with Crippen LogP contribution in [0.1, 0.15) is 35.1 Å². The Morgan fingerprint density at radius 1 is 0.750 bits per heavy atom. The number of aromatic nitrogens is 2. The van der Waals surface area contributed by atoms with Crippen LogP contribution in [0.3, 0.4) is 0 Å². The van der Waals surface area contributed by atoms with Gasteiger partial charge in [-0.15, -0.1) is 0 Å². The molecular formula is C44H41BN6O9. The molecule has 1 atom stereocenters. The maximum Gasteiger partial charge on any atom is 0.270 e. The SMILES string of the molecule is COc1ccc(Cn2ccc(C#N)cc2=O)cc1-c1cccc([N+](=O)[O-])c1.COc1ccc(Cn2ccc(CN)cc2=O)cc1-c1cccc([N+](=O)[O-])c1.[B]C1CCCO1. The first-order valence-corrected chi connectivity index (χ1v) is 18.6. The summed E-state index contributed by atoms with van der Waals surface area (Å²) in [7, 11) is 8.39. The molecule has 15 nitrogen and oxygen atoms in total. The van der Waals surface area contributed by atoms with Gasteiger partial charge in [-0.3, -0.25) is 29.8 Å². The molecule has 6 aromatic rings. The number of non-ortho nitro benzene ring substituents is 2. The molecule has 0 amide bonds. The fourth-order valence-electron chi connectivity index (χ4n) is 6.24. The van der Waals surface area contributed by atoms with Gasteiger partial charge in [-0.05, 0) is 77.1 Å². The van der Waals surface area contributed by atoms with Crippen molar-refractivity contribution in [3.8, 4) is 39.8 Å². The van der Waals surface area contributed by atoms with E-state index in [-0.39, 0.29) is 28.5 Å². The lowest BCUT2D eigenvalue weighted by Gasteiger charge is -2.12. The molecule has 1 aliphatic rings. The van der Waals surface area contributed by atoms with Crippen LogP contribution in [0.2, 0.25) is 0 Å². The van der Waals surface area contributed by atoms with Gasteiger partial charge in [0, 0.05) is 79.1 Å². The molecule has 1 fully saturated rings. The Kier molecular flexibility index (Phi) is 15.2. The lowest BCUT2D eigenvalue weighted by Crippen LogP contribution is -2.20. The third kappa shape index (κ3) is 11.6. The normalized spacial score (nSPS) is 12.8. The Morgan fingerprint density at radius 2 is 1.27 bits per heavy atom. The van der Waals surface area contributed by atoms with E-state index in [1.54, 1.807) is 66.5 Å². The topological polar surface area (TPSA) is 208 Å². The van der Waals surface area contributed by atoms with Gasteiger partial charge in [0.2, 0.25) is 0 Å². The van der Waals surface area contributed by atoms with Gasteiger partial charge in [0.15, 0.2) is 0 Å². The molecule has 1 saturated heterocycles. The summed E-state index contributed by atoms with van der Waals surface area (Å²) in [5.74, 6) is 1.18. The molecule has 2 aromatic heterocycles. The molecule has 304 valence electrons. The summed E-state index contributed by atoms with van der Waals surface area (Å²) < 4.78 is 18.8. The zero-order chi connectivity index (χ0) is 43.2. The summed E-state index contributed by atoms with van der Waals surface area (Å²) in [6.07, 6.45) is 5.46. The molecule has 0 spiro atoms. The van der Waals surface area contributed by atoms with Crippen molar-refractivity contribution < 1.29 is 24.1 Å². The molecule has 0 aliphatic carbocycles. The molecule has 2 N–H and O–H groups in total. The number of hydrogen-bond donors (Lipinski definition) is 1. The third-order valence-electron chi connectivity index (χ3n) is 9.36. The zero-order valence-corrected chi connectivity index (χ0v) is 32.9. The Labute approximate surface area is 346 Å². The van der Waals surface area contributed by atoms with Crippen molar-refractivity contribution >= 4 is 19.2 Å². The van der Waals surface area contributed by atoms with E-state index in [0.29, 0.717) is 53.4 Å². The second-order valence-electron chi connectivity index (χ2n) is 13.4. The van der Waals surface area contributed by atoms with Crippen LogP contribution in [0.25, 0.3) is 22.3 Å². The van der Waals surface area contributed by atoms with Gasteiger partial charge in [0.1, 0.15) is 19.3 Å². The van der Waals surface area contributed by atoms with Gasteiger partial charge >= 0.3 is 0 Å². The van der Waals surface area contributed by atoms with E-state index in [4.69, 9.17) is 33.1 Å². The highest BCUT2D eigenvalue weighted by molar-refractivity contribution is 6.11. The van der Waals surface area contributed by atoms with Crippen LogP contribution in [0.5, 0.6) is 11.5 Å². The fourth-order valence-corrected chi connectivity index (χ4v) is 6.24. The summed E-state index contributed by atoms with van der Waals surface area (Å²) in [6.45, 7) is 1.85. The molecule has 4 aromatic carbocycles. The molecule has 7 rings (SSSR count). The molecular weight excluding hydrogens is 767 g/mol. The molecule has 60 heavy (non-hydrogen) atoms. The molecule has 16 heteroatoms. The third-order valence-corrected chi connectivity index (χ3v) is 9.36. The highest BCUT2D eigenvalue weighted by Crippen LogP contribution is 2.34. The Morgan fingerprint density at radius 3 is 1.65 bits per heavy atom. The maximum atomic E-state index is 12.2. The van der Waals surface area contributed by atoms with E-state index in [0.717, 1.165) is 41.7 Å². The van der Waals surface area contributed by atoms with Crippen LogP contribution in [-0.2, 0) is 24.4 Å². The first kappa shape index (κ1) is 43.8. The maximum absolute atomic E-state index is 12.2. The Hall–Kier alpha value is -7.35. The van der Waals surface area contributed by atoms with Crippen LogP contribution >= 0.6 is 0 Å². The van der Waals surface area contributed by atoms with Gasteiger partial charge in [-0.2, -0.15) is 5.26 Å². The summed E-state index contributed by atoms with van der Waals surface area (Å²) in [4.78, 5) is 45.6.